The first-order valence-electron chi connectivity index (χ1n) is 10.6. The number of carboxylic acid groups (broad SMARTS) is 1. The molecule has 11 nitrogen and oxygen atoms in total. The van der Waals surface area contributed by atoms with Crippen molar-refractivity contribution in [3.8, 4) is 11.5 Å². The molecule has 1 unspecified atom stereocenters. The van der Waals surface area contributed by atoms with Crippen LogP contribution in [0.2, 0.25) is 0 Å². The summed E-state index contributed by atoms with van der Waals surface area (Å²) in [5.41, 5.74) is 1.17. The number of aromatic nitrogens is 2. The quantitative estimate of drug-likeness (QED) is 0.234. The first-order valence-corrected chi connectivity index (χ1v) is 13.5. The molecule has 2 N–H and O–H groups in total. The highest BCUT2D eigenvalue weighted by molar-refractivity contribution is 8.01. The van der Waals surface area contributed by atoms with Crippen molar-refractivity contribution < 1.29 is 23.9 Å². The van der Waals surface area contributed by atoms with E-state index in [1.807, 2.05) is 30.3 Å². The average molecular weight is 544 g/mol. The van der Waals surface area contributed by atoms with Crippen LogP contribution in [0.15, 0.2) is 73.9 Å². The number of hydrogen-bond acceptors (Lipinski definition) is 11. The molecule has 1 saturated heterocycles. The Labute approximate surface area is 216 Å². The Morgan fingerprint density at radius 2 is 2.06 bits per heavy atom. The summed E-state index contributed by atoms with van der Waals surface area (Å²) in [4.78, 5) is 50.4. The number of nitroso groups, excluding NO2 is 1. The molecule has 14 heteroatoms. The normalized spacial score (nSPS) is 19.9. The number of carboxylic acids is 1. The number of nitrogens with one attached hydrogen (secondary N) is 1. The van der Waals surface area contributed by atoms with Gasteiger partial charge in [0.15, 0.2) is 0 Å². The molecule has 2 aliphatic heterocycles. The van der Waals surface area contributed by atoms with Gasteiger partial charge in [-0.15, -0.1) is 38.2 Å². The van der Waals surface area contributed by atoms with E-state index >= 15 is 0 Å². The summed E-state index contributed by atoms with van der Waals surface area (Å²) in [6, 6.07) is 10.3. The Hall–Kier alpha value is -3.49. The number of β-lactam (4-membered cyclic amide) rings is 1. The van der Waals surface area contributed by atoms with Crippen LogP contribution in [-0.4, -0.2) is 60.9 Å². The lowest BCUT2D eigenvalue weighted by Crippen LogP contribution is -2.70. The van der Waals surface area contributed by atoms with E-state index in [1.54, 1.807) is 17.5 Å². The Kier molecular flexibility index (Phi) is 6.89. The summed E-state index contributed by atoms with van der Waals surface area (Å²) in [6.07, 6.45) is 0. The molecule has 3 atom stereocenters. The summed E-state index contributed by atoms with van der Waals surface area (Å²) in [7, 11) is 0. The fourth-order valence-electron chi connectivity index (χ4n) is 3.82. The standard InChI is InChI=1S/C22H17N5O6S3/c28-17(14(26-32)13-7-4-8-34-13)23-15-19(29)27-16(21(30)31)12(9-35-20(15)27)10-36-22-25-24-18(33-22)11-5-2-1-3-6-11/h1-8,14-15,20H,9-10H2,(H,23,28)(H,30,31)/t14?,15-,20+/m1/s1. The van der Waals surface area contributed by atoms with Crippen LogP contribution in [0.25, 0.3) is 11.5 Å². The van der Waals surface area contributed by atoms with Crippen LogP contribution in [-0.2, 0) is 14.4 Å². The third kappa shape index (κ3) is 4.54. The Bertz CT molecular complexity index is 1340. The van der Waals surface area contributed by atoms with Gasteiger partial charge in [-0.1, -0.05) is 41.2 Å². The molecule has 0 radical (unpaired) electrons. The first kappa shape index (κ1) is 24.2. The molecule has 36 heavy (non-hydrogen) atoms. The van der Waals surface area contributed by atoms with Crippen molar-refractivity contribution in [3.63, 3.8) is 0 Å². The molecule has 1 fully saturated rings. The molecule has 0 aliphatic carbocycles. The maximum Gasteiger partial charge on any atom is 0.352 e. The van der Waals surface area contributed by atoms with Crippen molar-refractivity contribution in [1.29, 1.82) is 0 Å². The van der Waals surface area contributed by atoms with Crippen LogP contribution >= 0.6 is 34.9 Å². The van der Waals surface area contributed by atoms with Crippen LogP contribution in [0.1, 0.15) is 10.9 Å². The number of thiophene rings is 1. The van der Waals surface area contributed by atoms with Gasteiger partial charge in [-0.25, -0.2) is 4.79 Å². The van der Waals surface area contributed by atoms with Gasteiger partial charge < -0.3 is 14.8 Å². The van der Waals surface area contributed by atoms with Crippen molar-refractivity contribution in [2.75, 3.05) is 11.5 Å². The number of thioether (sulfide) groups is 2. The van der Waals surface area contributed by atoms with E-state index in [0.717, 1.165) is 5.56 Å². The Morgan fingerprint density at radius 3 is 2.75 bits per heavy atom. The van der Waals surface area contributed by atoms with Gasteiger partial charge in [0.25, 0.3) is 17.0 Å². The van der Waals surface area contributed by atoms with Gasteiger partial charge in [0, 0.05) is 21.9 Å². The maximum absolute atomic E-state index is 12.9. The highest BCUT2D eigenvalue weighted by Gasteiger charge is 2.54. The lowest BCUT2D eigenvalue weighted by atomic mass is 10.0. The highest BCUT2D eigenvalue weighted by atomic mass is 32.2. The van der Waals surface area contributed by atoms with Crippen molar-refractivity contribution in [1.82, 2.24) is 20.4 Å². The number of carbonyl (C=O) groups is 3. The molecule has 2 aliphatic rings. The summed E-state index contributed by atoms with van der Waals surface area (Å²) in [5.74, 6) is -1.58. The predicted molar refractivity (Wildman–Crippen MR) is 133 cm³/mol. The number of benzene rings is 1. The largest absolute Gasteiger partial charge is 0.477 e. The van der Waals surface area contributed by atoms with Crippen molar-refractivity contribution >= 4 is 52.6 Å². The van der Waals surface area contributed by atoms with E-state index in [1.165, 1.54) is 39.8 Å². The zero-order valence-electron chi connectivity index (χ0n) is 18.3. The molecule has 0 spiro atoms. The van der Waals surface area contributed by atoms with Crippen molar-refractivity contribution in [2.45, 2.75) is 22.7 Å². The van der Waals surface area contributed by atoms with Crippen LogP contribution in [0.4, 0.5) is 0 Å². The second-order valence-electron chi connectivity index (χ2n) is 7.70. The van der Waals surface area contributed by atoms with Crippen molar-refractivity contribution in [2.24, 2.45) is 5.18 Å². The fraction of sp³-hybridized carbons (Fsp3) is 0.227. The molecule has 0 saturated carbocycles. The number of nitrogens with zero attached hydrogens (tertiary/aromatic N) is 4. The number of fused-ring (bicyclic) bond motifs is 1. The van der Waals surface area contributed by atoms with Gasteiger partial charge in [0.2, 0.25) is 11.9 Å². The molecule has 0 bridgehead atoms. The fourth-order valence-corrected chi connectivity index (χ4v) is 6.82. The molecular formula is C22H17N5O6S3. The lowest BCUT2D eigenvalue weighted by Gasteiger charge is -2.49. The number of aliphatic carboxylic acids is 1. The van der Waals surface area contributed by atoms with Crippen molar-refractivity contribution in [3.05, 3.63) is 68.9 Å². The van der Waals surface area contributed by atoms with Crippen LogP contribution in [0, 0.1) is 4.91 Å². The monoisotopic (exact) mass is 543 g/mol. The molecule has 4 heterocycles. The minimum Gasteiger partial charge on any atom is -0.477 e. The Balaban J connectivity index is 1.27. The van der Waals surface area contributed by atoms with Crippen LogP contribution < -0.4 is 5.32 Å². The van der Waals surface area contributed by atoms with E-state index in [4.69, 9.17) is 4.42 Å². The third-order valence-corrected chi connectivity index (χ3v) is 8.68. The number of amides is 2. The van der Waals surface area contributed by atoms with E-state index in [9.17, 15) is 24.4 Å². The van der Waals surface area contributed by atoms with Gasteiger partial charge in [0.1, 0.15) is 17.1 Å². The van der Waals surface area contributed by atoms with Gasteiger partial charge in [-0.2, -0.15) is 0 Å². The zero-order valence-corrected chi connectivity index (χ0v) is 20.7. The molecular weight excluding hydrogens is 526 g/mol. The summed E-state index contributed by atoms with van der Waals surface area (Å²) in [6.45, 7) is 0. The predicted octanol–water partition coefficient (Wildman–Crippen LogP) is 3.14. The average Bonchev–Trinajstić information content (AvgIpc) is 3.59. The first-order chi connectivity index (χ1) is 17.5. The van der Waals surface area contributed by atoms with Gasteiger partial charge in [-0.3, -0.25) is 14.5 Å². The number of rotatable bonds is 9. The topological polar surface area (TPSA) is 155 Å². The zero-order chi connectivity index (χ0) is 25.2. The van der Waals surface area contributed by atoms with Gasteiger partial charge >= 0.3 is 5.97 Å². The summed E-state index contributed by atoms with van der Waals surface area (Å²) >= 11 is 3.72. The number of hydrogen-bond donors (Lipinski definition) is 2. The van der Waals surface area contributed by atoms with Gasteiger partial charge in [0.05, 0.1) is 0 Å². The molecule has 2 amide bonds. The van der Waals surface area contributed by atoms with Crippen LogP contribution in [0.5, 0.6) is 0 Å². The summed E-state index contributed by atoms with van der Waals surface area (Å²) < 4.78 is 5.67. The van der Waals surface area contributed by atoms with E-state index < -0.39 is 35.2 Å². The molecule has 1 aromatic carbocycles. The third-order valence-electron chi connectivity index (χ3n) is 5.51. The minimum absolute atomic E-state index is 0.118. The van der Waals surface area contributed by atoms with Crippen LogP contribution in [0.3, 0.4) is 0 Å². The SMILES string of the molecule is O=NC(C(=O)N[C@@H]1C(=O)N2C(C(=O)O)=C(CSc3nnc(-c4ccccc4)o3)CS[C@@H]12)c1cccs1. The second kappa shape index (κ2) is 10.2. The highest BCUT2D eigenvalue weighted by Crippen LogP contribution is 2.42. The minimum atomic E-state index is -1.27. The molecule has 5 rings (SSSR count). The molecule has 184 valence electrons. The lowest BCUT2D eigenvalue weighted by molar-refractivity contribution is -0.150. The van der Waals surface area contributed by atoms with E-state index in [0.29, 0.717) is 22.1 Å². The second-order valence-corrected chi connectivity index (χ2v) is 10.7. The molecule has 2 aromatic heterocycles. The Morgan fingerprint density at radius 1 is 1.25 bits per heavy atom. The number of carbonyl (C=O) groups excluding carboxylic acids is 2. The smallest absolute Gasteiger partial charge is 0.352 e. The van der Waals surface area contributed by atoms with Gasteiger partial charge in [-0.05, 0) is 29.2 Å². The maximum atomic E-state index is 12.9. The molecule has 3 aromatic rings. The van der Waals surface area contributed by atoms with E-state index in [-0.39, 0.29) is 16.7 Å². The van der Waals surface area contributed by atoms with E-state index in [2.05, 4.69) is 20.7 Å². The summed E-state index contributed by atoms with van der Waals surface area (Å²) in [5, 5.41) is 24.7.